The molecule has 18 heavy (non-hydrogen) atoms. The van der Waals surface area contributed by atoms with Gasteiger partial charge in [0.05, 0.1) is 25.4 Å². The minimum absolute atomic E-state index is 0.526. The van der Waals surface area contributed by atoms with Crippen LogP contribution in [0, 0.1) is 5.92 Å². The normalized spacial score (nSPS) is 27.9. The Morgan fingerprint density at radius 1 is 1.22 bits per heavy atom. The fourth-order valence-electron chi connectivity index (χ4n) is 3.06. The standard InChI is InChI=1S/C15H22O3/c1-11-6-5-9-15(16,10-11)14-12(17-2)7-4-8-13(14)18-3/h4,7-8,11,16H,5-6,9-10H2,1-3H3. The Hall–Kier alpha value is -1.22. The van der Waals surface area contributed by atoms with E-state index in [1.807, 2.05) is 18.2 Å². The van der Waals surface area contributed by atoms with Crippen molar-refractivity contribution >= 4 is 0 Å². The van der Waals surface area contributed by atoms with E-state index < -0.39 is 5.60 Å². The molecule has 0 aromatic heterocycles. The Bertz CT molecular complexity index is 394. The van der Waals surface area contributed by atoms with Crippen LogP contribution in [0.5, 0.6) is 11.5 Å². The van der Waals surface area contributed by atoms with Crippen LogP contribution in [0.3, 0.4) is 0 Å². The zero-order valence-corrected chi connectivity index (χ0v) is 11.4. The summed E-state index contributed by atoms with van der Waals surface area (Å²) in [6.07, 6.45) is 3.76. The Morgan fingerprint density at radius 2 is 1.83 bits per heavy atom. The van der Waals surface area contributed by atoms with Crippen molar-refractivity contribution in [3.05, 3.63) is 23.8 Å². The Kier molecular flexibility index (Phi) is 3.81. The zero-order valence-electron chi connectivity index (χ0n) is 11.4. The highest BCUT2D eigenvalue weighted by Gasteiger charge is 2.38. The lowest BCUT2D eigenvalue weighted by molar-refractivity contribution is -0.0213. The number of ether oxygens (including phenoxy) is 2. The zero-order chi connectivity index (χ0) is 13.2. The molecule has 0 spiro atoms. The molecular formula is C15H22O3. The summed E-state index contributed by atoms with van der Waals surface area (Å²) in [5, 5.41) is 11.0. The molecule has 0 bridgehead atoms. The molecule has 0 amide bonds. The van der Waals surface area contributed by atoms with Crippen molar-refractivity contribution in [2.75, 3.05) is 14.2 Å². The molecule has 1 fully saturated rings. The molecule has 1 saturated carbocycles. The van der Waals surface area contributed by atoms with Crippen LogP contribution in [0.25, 0.3) is 0 Å². The van der Waals surface area contributed by atoms with E-state index in [2.05, 4.69) is 6.92 Å². The van der Waals surface area contributed by atoms with E-state index in [0.717, 1.165) is 24.8 Å². The molecule has 3 heteroatoms. The van der Waals surface area contributed by atoms with Crippen LogP contribution in [0.2, 0.25) is 0 Å². The maximum atomic E-state index is 11.0. The number of rotatable bonds is 3. The lowest BCUT2D eigenvalue weighted by Crippen LogP contribution is -2.32. The van der Waals surface area contributed by atoms with Crippen LogP contribution in [-0.2, 0) is 5.60 Å². The molecule has 0 aliphatic heterocycles. The van der Waals surface area contributed by atoms with Gasteiger partial charge in [-0.3, -0.25) is 0 Å². The molecule has 1 aliphatic carbocycles. The SMILES string of the molecule is COc1cccc(OC)c1C1(O)CCCC(C)C1. The molecule has 3 nitrogen and oxygen atoms in total. The van der Waals surface area contributed by atoms with E-state index in [1.54, 1.807) is 14.2 Å². The summed E-state index contributed by atoms with van der Waals surface area (Å²) in [5.74, 6) is 1.95. The quantitative estimate of drug-likeness (QED) is 0.896. The van der Waals surface area contributed by atoms with E-state index in [0.29, 0.717) is 17.4 Å². The molecule has 0 heterocycles. The lowest BCUT2D eigenvalue weighted by Gasteiger charge is -2.37. The Labute approximate surface area is 109 Å². The predicted octanol–water partition coefficient (Wildman–Crippen LogP) is 3.10. The largest absolute Gasteiger partial charge is 0.496 e. The van der Waals surface area contributed by atoms with E-state index in [1.165, 1.54) is 6.42 Å². The van der Waals surface area contributed by atoms with Gasteiger partial charge in [0.25, 0.3) is 0 Å². The molecule has 0 saturated heterocycles. The van der Waals surface area contributed by atoms with Crippen molar-refractivity contribution in [1.82, 2.24) is 0 Å². The lowest BCUT2D eigenvalue weighted by atomic mass is 9.74. The molecule has 1 aromatic carbocycles. The van der Waals surface area contributed by atoms with Gasteiger partial charge in [0, 0.05) is 0 Å². The van der Waals surface area contributed by atoms with Gasteiger partial charge in [-0.25, -0.2) is 0 Å². The molecule has 2 unspecified atom stereocenters. The average Bonchev–Trinajstić information content (AvgIpc) is 2.37. The van der Waals surface area contributed by atoms with E-state index >= 15 is 0 Å². The summed E-state index contributed by atoms with van der Waals surface area (Å²) in [6.45, 7) is 2.19. The fourth-order valence-corrected chi connectivity index (χ4v) is 3.06. The third-order valence-electron chi connectivity index (χ3n) is 3.87. The van der Waals surface area contributed by atoms with Gasteiger partial charge in [0.1, 0.15) is 11.5 Å². The van der Waals surface area contributed by atoms with Crippen molar-refractivity contribution in [3.63, 3.8) is 0 Å². The molecule has 2 atom stereocenters. The summed E-state index contributed by atoms with van der Waals surface area (Å²) in [5.41, 5.74) is -0.0168. The van der Waals surface area contributed by atoms with Gasteiger partial charge in [-0.1, -0.05) is 19.4 Å². The summed E-state index contributed by atoms with van der Waals surface area (Å²) in [7, 11) is 3.27. The van der Waals surface area contributed by atoms with Gasteiger partial charge in [-0.2, -0.15) is 0 Å². The van der Waals surface area contributed by atoms with Gasteiger partial charge in [0.2, 0.25) is 0 Å². The van der Waals surface area contributed by atoms with Crippen molar-refractivity contribution in [1.29, 1.82) is 0 Å². The topological polar surface area (TPSA) is 38.7 Å². The van der Waals surface area contributed by atoms with Gasteiger partial charge in [-0.15, -0.1) is 0 Å². The van der Waals surface area contributed by atoms with Crippen LogP contribution >= 0.6 is 0 Å². The first-order valence-electron chi connectivity index (χ1n) is 6.54. The number of hydrogen-bond donors (Lipinski definition) is 1. The Balaban J connectivity index is 2.47. The molecule has 1 aliphatic rings. The maximum Gasteiger partial charge on any atom is 0.128 e. The first-order chi connectivity index (χ1) is 8.60. The van der Waals surface area contributed by atoms with Gasteiger partial charge in [-0.05, 0) is 37.3 Å². The van der Waals surface area contributed by atoms with Crippen molar-refractivity contribution in [2.45, 2.75) is 38.2 Å². The smallest absolute Gasteiger partial charge is 0.128 e. The third-order valence-corrected chi connectivity index (χ3v) is 3.87. The fraction of sp³-hybridized carbons (Fsp3) is 0.600. The van der Waals surface area contributed by atoms with Crippen molar-refractivity contribution in [2.24, 2.45) is 5.92 Å². The second kappa shape index (κ2) is 5.19. The summed E-state index contributed by atoms with van der Waals surface area (Å²) in [4.78, 5) is 0. The van der Waals surface area contributed by atoms with E-state index in [4.69, 9.17) is 9.47 Å². The maximum absolute atomic E-state index is 11.0. The number of aliphatic hydroxyl groups is 1. The molecule has 100 valence electrons. The van der Waals surface area contributed by atoms with Gasteiger partial charge >= 0.3 is 0 Å². The molecule has 1 N–H and O–H groups in total. The van der Waals surface area contributed by atoms with Gasteiger partial charge < -0.3 is 14.6 Å². The molecule has 0 radical (unpaired) electrons. The predicted molar refractivity (Wildman–Crippen MR) is 71.1 cm³/mol. The minimum atomic E-state index is -0.824. The summed E-state index contributed by atoms with van der Waals surface area (Å²) in [6, 6.07) is 5.65. The molecular weight excluding hydrogens is 228 g/mol. The van der Waals surface area contributed by atoms with Crippen LogP contribution in [0.1, 0.15) is 38.2 Å². The van der Waals surface area contributed by atoms with Crippen LogP contribution in [0.15, 0.2) is 18.2 Å². The molecule has 1 aromatic rings. The average molecular weight is 250 g/mol. The van der Waals surface area contributed by atoms with E-state index in [-0.39, 0.29) is 0 Å². The second-order valence-electron chi connectivity index (χ2n) is 5.27. The minimum Gasteiger partial charge on any atom is -0.496 e. The molecule has 2 rings (SSSR count). The highest BCUT2D eigenvalue weighted by Crippen LogP contribution is 2.47. The van der Waals surface area contributed by atoms with Crippen LogP contribution < -0.4 is 9.47 Å². The number of hydrogen-bond acceptors (Lipinski definition) is 3. The first kappa shape index (κ1) is 13.2. The Morgan fingerprint density at radius 3 is 2.33 bits per heavy atom. The highest BCUT2D eigenvalue weighted by molar-refractivity contribution is 5.48. The van der Waals surface area contributed by atoms with Crippen LogP contribution in [-0.4, -0.2) is 19.3 Å². The van der Waals surface area contributed by atoms with Crippen LogP contribution in [0.4, 0.5) is 0 Å². The third kappa shape index (κ3) is 2.32. The van der Waals surface area contributed by atoms with E-state index in [9.17, 15) is 5.11 Å². The highest BCUT2D eigenvalue weighted by atomic mass is 16.5. The van der Waals surface area contributed by atoms with Gasteiger partial charge in [0.15, 0.2) is 0 Å². The van der Waals surface area contributed by atoms with Crippen molar-refractivity contribution in [3.8, 4) is 11.5 Å². The second-order valence-corrected chi connectivity index (χ2v) is 5.27. The summed E-state index contributed by atoms with van der Waals surface area (Å²) >= 11 is 0. The monoisotopic (exact) mass is 250 g/mol. The van der Waals surface area contributed by atoms with Crippen molar-refractivity contribution < 1.29 is 14.6 Å². The number of benzene rings is 1. The first-order valence-corrected chi connectivity index (χ1v) is 6.54. The number of methoxy groups -OCH3 is 2. The summed E-state index contributed by atoms with van der Waals surface area (Å²) < 4.78 is 10.8.